The van der Waals surface area contributed by atoms with Crippen LogP contribution in [0.4, 0.5) is 0 Å². The van der Waals surface area contributed by atoms with Crippen LogP contribution in [0.3, 0.4) is 0 Å². The SMILES string of the molecule is CC1=C(C(=O)OC(C)(C)C)[C@H](NS(=O)(=O)c2ccc(C)cc2)c2ccccc2O1. The van der Waals surface area contributed by atoms with Gasteiger partial charge in [-0.15, -0.1) is 0 Å². The predicted molar refractivity (Wildman–Crippen MR) is 110 cm³/mol. The highest BCUT2D eigenvalue weighted by Crippen LogP contribution is 2.39. The molecule has 0 aromatic heterocycles. The van der Waals surface area contributed by atoms with Crippen LogP contribution in [-0.2, 0) is 19.6 Å². The second kappa shape index (κ2) is 7.65. The molecule has 6 nitrogen and oxygen atoms in total. The summed E-state index contributed by atoms with van der Waals surface area (Å²) < 4.78 is 40.1. The first-order valence-corrected chi connectivity index (χ1v) is 10.8. The van der Waals surface area contributed by atoms with E-state index in [1.807, 2.05) is 6.92 Å². The Kier molecular flexibility index (Phi) is 5.56. The molecule has 2 aromatic rings. The number of hydrogen-bond acceptors (Lipinski definition) is 5. The van der Waals surface area contributed by atoms with Gasteiger partial charge in [-0.3, -0.25) is 0 Å². The minimum atomic E-state index is -3.90. The average Bonchev–Trinajstić information content (AvgIpc) is 2.60. The summed E-state index contributed by atoms with van der Waals surface area (Å²) in [4.78, 5) is 13.0. The van der Waals surface area contributed by atoms with Crippen molar-refractivity contribution in [2.24, 2.45) is 0 Å². The molecule has 0 amide bonds. The maximum absolute atomic E-state index is 13.1. The molecule has 0 radical (unpaired) electrons. The molecule has 7 heteroatoms. The second-order valence-corrected chi connectivity index (χ2v) is 9.69. The van der Waals surface area contributed by atoms with E-state index in [-0.39, 0.29) is 10.5 Å². The third-order valence-corrected chi connectivity index (χ3v) is 5.82. The molecule has 1 N–H and O–H groups in total. The Hall–Kier alpha value is -2.64. The Bertz CT molecular complexity index is 1060. The molecule has 2 aromatic carbocycles. The fraction of sp³-hybridized carbons (Fsp3) is 0.318. The number of benzene rings is 2. The van der Waals surface area contributed by atoms with Gasteiger partial charge in [0.2, 0.25) is 10.0 Å². The molecule has 0 aliphatic carbocycles. The normalized spacial score (nSPS) is 16.8. The number of para-hydroxylation sites is 1. The Morgan fingerprint density at radius 1 is 1.03 bits per heavy atom. The molecule has 0 saturated heterocycles. The highest BCUT2D eigenvalue weighted by atomic mass is 32.2. The molecule has 0 spiro atoms. The standard InChI is InChI=1S/C22H25NO5S/c1-14-10-12-16(13-11-14)29(25,26)23-20-17-8-6-7-9-18(17)27-15(2)19(20)21(24)28-22(3,4)5/h6-13,20,23H,1-5H3/t20-/m1/s1. The van der Waals surface area contributed by atoms with Crippen molar-refractivity contribution in [3.63, 3.8) is 0 Å². The van der Waals surface area contributed by atoms with E-state index in [1.165, 1.54) is 12.1 Å². The van der Waals surface area contributed by atoms with Gasteiger partial charge in [0, 0.05) is 5.56 Å². The molecular weight excluding hydrogens is 390 g/mol. The van der Waals surface area contributed by atoms with Gasteiger partial charge in [0.1, 0.15) is 17.1 Å². The van der Waals surface area contributed by atoms with Crippen LogP contribution in [0.25, 0.3) is 0 Å². The molecule has 0 bridgehead atoms. The molecular formula is C22H25NO5S. The van der Waals surface area contributed by atoms with E-state index >= 15 is 0 Å². The van der Waals surface area contributed by atoms with Crippen LogP contribution in [0.15, 0.2) is 64.8 Å². The maximum Gasteiger partial charge on any atom is 0.339 e. The summed E-state index contributed by atoms with van der Waals surface area (Å²) in [5.41, 5.74) is 0.899. The average molecular weight is 416 g/mol. The lowest BCUT2D eigenvalue weighted by atomic mass is 9.95. The number of carbonyl (C=O) groups is 1. The van der Waals surface area contributed by atoms with E-state index in [0.717, 1.165) is 5.56 Å². The molecule has 0 unspecified atom stereocenters. The first kappa shape index (κ1) is 21.1. The third-order valence-electron chi connectivity index (χ3n) is 4.38. The summed E-state index contributed by atoms with van der Waals surface area (Å²) in [7, 11) is -3.90. The molecule has 3 rings (SSSR count). The molecule has 1 atom stereocenters. The minimum absolute atomic E-state index is 0.119. The number of aryl methyl sites for hydroxylation is 1. The van der Waals surface area contributed by atoms with Crippen molar-refractivity contribution in [1.82, 2.24) is 4.72 Å². The number of esters is 1. The van der Waals surface area contributed by atoms with Crippen molar-refractivity contribution in [2.75, 3.05) is 0 Å². The van der Waals surface area contributed by atoms with E-state index in [4.69, 9.17) is 9.47 Å². The molecule has 0 fully saturated rings. The van der Waals surface area contributed by atoms with Gasteiger partial charge in [0.15, 0.2) is 0 Å². The topological polar surface area (TPSA) is 81.7 Å². The van der Waals surface area contributed by atoms with Gasteiger partial charge in [-0.2, -0.15) is 4.72 Å². The van der Waals surface area contributed by atoms with Crippen molar-refractivity contribution in [3.05, 3.63) is 71.0 Å². The van der Waals surface area contributed by atoms with Crippen LogP contribution >= 0.6 is 0 Å². The van der Waals surface area contributed by atoms with Crippen molar-refractivity contribution in [2.45, 2.75) is 51.2 Å². The van der Waals surface area contributed by atoms with Gasteiger partial charge in [-0.1, -0.05) is 35.9 Å². The predicted octanol–water partition coefficient (Wildman–Crippen LogP) is 4.02. The molecule has 1 heterocycles. The quantitative estimate of drug-likeness (QED) is 0.763. The molecule has 0 saturated carbocycles. The first-order chi connectivity index (χ1) is 13.5. The maximum atomic E-state index is 13.1. The number of allylic oxidation sites excluding steroid dienone is 1. The molecule has 154 valence electrons. The lowest BCUT2D eigenvalue weighted by molar-refractivity contribution is -0.150. The highest BCUT2D eigenvalue weighted by Gasteiger charge is 2.37. The summed E-state index contributed by atoms with van der Waals surface area (Å²) in [5.74, 6) is 0.171. The number of nitrogens with one attached hydrogen (secondary N) is 1. The second-order valence-electron chi connectivity index (χ2n) is 7.98. The van der Waals surface area contributed by atoms with E-state index in [9.17, 15) is 13.2 Å². The number of carbonyl (C=O) groups excluding carboxylic acids is 1. The Labute approximate surface area is 171 Å². The summed E-state index contributed by atoms with van der Waals surface area (Å²) in [6.07, 6.45) is 0. The van der Waals surface area contributed by atoms with Crippen molar-refractivity contribution >= 4 is 16.0 Å². The zero-order valence-corrected chi connectivity index (χ0v) is 18.0. The van der Waals surface area contributed by atoms with Gasteiger partial charge < -0.3 is 9.47 Å². The number of hydrogen-bond donors (Lipinski definition) is 1. The van der Waals surface area contributed by atoms with E-state index < -0.39 is 27.6 Å². The van der Waals surface area contributed by atoms with Crippen molar-refractivity contribution in [3.8, 4) is 5.75 Å². The number of rotatable bonds is 4. The Morgan fingerprint density at radius 3 is 2.28 bits per heavy atom. The smallest absolute Gasteiger partial charge is 0.339 e. The number of ether oxygens (including phenoxy) is 2. The Morgan fingerprint density at radius 2 is 1.66 bits per heavy atom. The van der Waals surface area contributed by atoms with E-state index in [0.29, 0.717) is 17.1 Å². The summed E-state index contributed by atoms with van der Waals surface area (Å²) in [6, 6.07) is 12.6. The zero-order valence-electron chi connectivity index (χ0n) is 17.1. The molecule has 29 heavy (non-hydrogen) atoms. The van der Waals surface area contributed by atoms with Crippen LogP contribution in [-0.4, -0.2) is 20.0 Å². The van der Waals surface area contributed by atoms with Crippen LogP contribution < -0.4 is 9.46 Å². The summed E-state index contributed by atoms with van der Waals surface area (Å²) in [6.45, 7) is 8.77. The lowest BCUT2D eigenvalue weighted by Gasteiger charge is -2.30. The molecule has 1 aliphatic rings. The fourth-order valence-corrected chi connectivity index (χ4v) is 4.23. The lowest BCUT2D eigenvalue weighted by Crippen LogP contribution is -2.37. The van der Waals surface area contributed by atoms with Gasteiger partial charge in [0.25, 0.3) is 0 Å². The largest absolute Gasteiger partial charge is 0.461 e. The van der Waals surface area contributed by atoms with E-state index in [2.05, 4.69) is 4.72 Å². The number of sulfonamides is 1. The first-order valence-electron chi connectivity index (χ1n) is 9.28. The van der Waals surface area contributed by atoms with Crippen LogP contribution in [0.1, 0.15) is 44.9 Å². The monoisotopic (exact) mass is 415 g/mol. The summed E-state index contributed by atoms with van der Waals surface area (Å²) in [5, 5.41) is 0. The summed E-state index contributed by atoms with van der Waals surface area (Å²) >= 11 is 0. The molecule has 1 aliphatic heterocycles. The fourth-order valence-electron chi connectivity index (χ4n) is 3.05. The van der Waals surface area contributed by atoms with Crippen molar-refractivity contribution < 1.29 is 22.7 Å². The minimum Gasteiger partial charge on any atom is -0.461 e. The zero-order chi connectivity index (χ0) is 21.4. The van der Waals surface area contributed by atoms with Crippen molar-refractivity contribution in [1.29, 1.82) is 0 Å². The third kappa shape index (κ3) is 4.68. The van der Waals surface area contributed by atoms with Gasteiger partial charge in [-0.05, 0) is 52.8 Å². The van der Waals surface area contributed by atoms with Gasteiger partial charge in [0.05, 0.1) is 16.5 Å². The van der Waals surface area contributed by atoms with Crippen LogP contribution in [0, 0.1) is 6.92 Å². The van der Waals surface area contributed by atoms with Crippen LogP contribution in [0.2, 0.25) is 0 Å². The van der Waals surface area contributed by atoms with Gasteiger partial charge >= 0.3 is 5.97 Å². The van der Waals surface area contributed by atoms with Gasteiger partial charge in [-0.25, -0.2) is 13.2 Å². The number of fused-ring (bicyclic) bond motifs is 1. The van der Waals surface area contributed by atoms with Crippen LogP contribution in [0.5, 0.6) is 5.75 Å². The Balaban J connectivity index is 2.06. The van der Waals surface area contributed by atoms with E-state index in [1.54, 1.807) is 64.1 Å². The highest BCUT2D eigenvalue weighted by molar-refractivity contribution is 7.89.